The van der Waals surface area contributed by atoms with Crippen molar-refractivity contribution in [3.63, 3.8) is 0 Å². The van der Waals surface area contributed by atoms with Gasteiger partial charge in [-0.05, 0) is 43.7 Å². The fraction of sp³-hybridized carbons (Fsp3) is 0.400. The molecule has 0 radical (unpaired) electrons. The number of nitrogens with one attached hydrogen (secondary N) is 1. The highest BCUT2D eigenvalue weighted by atomic mass is 35.5. The molecule has 2 aromatic rings. The van der Waals surface area contributed by atoms with Crippen LogP contribution < -0.4 is 5.32 Å². The topological polar surface area (TPSA) is 29.9 Å². The van der Waals surface area contributed by atoms with Crippen molar-refractivity contribution in [2.75, 3.05) is 6.54 Å². The molecular weight excluding hydrogens is 277 g/mol. The zero-order valence-electron chi connectivity index (χ0n) is 12.0. The van der Waals surface area contributed by atoms with Crippen molar-refractivity contribution in [1.29, 1.82) is 0 Å². The summed E-state index contributed by atoms with van der Waals surface area (Å²) in [7, 11) is 1.93. The van der Waals surface area contributed by atoms with E-state index in [1.165, 1.54) is 6.07 Å². The first-order valence-electron chi connectivity index (χ1n) is 6.69. The number of hydrogen-bond acceptors (Lipinski definition) is 2. The third-order valence-corrected chi connectivity index (χ3v) is 3.56. The van der Waals surface area contributed by atoms with Crippen molar-refractivity contribution in [2.24, 2.45) is 7.05 Å². The van der Waals surface area contributed by atoms with Crippen LogP contribution in [0.25, 0.3) is 0 Å². The molecule has 0 saturated heterocycles. The van der Waals surface area contributed by atoms with Crippen LogP contribution in [0.2, 0.25) is 5.02 Å². The highest BCUT2D eigenvalue weighted by Crippen LogP contribution is 2.22. The van der Waals surface area contributed by atoms with Gasteiger partial charge in [-0.2, -0.15) is 5.10 Å². The van der Waals surface area contributed by atoms with Gasteiger partial charge in [-0.15, -0.1) is 0 Å². The van der Waals surface area contributed by atoms with Gasteiger partial charge in [-0.1, -0.05) is 24.6 Å². The van der Waals surface area contributed by atoms with Crippen LogP contribution in [0.15, 0.2) is 24.3 Å². The number of nitrogens with zero attached hydrogens (tertiary/aromatic N) is 2. The lowest BCUT2D eigenvalue weighted by atomic mass is 10.0. The molecule has 0 fully saturated rings. The summed E-state index contributed by atoms with van der Waals surface area (Å²) in [4.78, 5) is 0. The number of halogens is 2. The first kappa shape index (κ1) is 15.0. The van der Waals surface area contributed by atoms with E-state index < -0.39 is 0 Å². The molecule has 0 spiro atoms. The molecule has 3 nitrogen and oxygen atoms in total. The second kappa shape index (κ2) is 6.37. The molecule has 1 N–H and O–H groups in total. The molecular formula is C15H19ClFN3. The summed E-state index contributed by atoms with van der Waals surface area (Å²) >= 11 is 5.84. The quantitative estimate of drug-likeness (QED) is 0.916. The molecule has 20 heavy (non-hydrogen) atoms. The minimum atomic E-state index is -0.383. The Kier molecular flexibility index (Phi) is 4.78. The minimum Gasteiger partial charge on any atom is -0.309 e. The van der Waals surface area contributed by atoms with E-state index in [1.807, 2.05) is 18.7 Å². The van der Waals surface area contributed by atoms with Crippen molar-refractivity contribution in [1.82, 2.24) is 15.1 Å². The molecule has 1 atom stereocenters. The number of aromatic nitrogens is 2. The van der Waals surface area contributed by atoms with Gasteiger partial charge in [0.2, 0.25) is 0 Å². The molecule has 0 bridgehead atoms. The molecule has 108 valence electrons. The highest BCUT2D eigenvalue weighted by molar-refractivity contribution is 6.30. The molecule has 1 heterocycles. The van der Waals surface area contributed by atoms with Gasteiger partial charge < -0.3 is 5.32 Å². The number of likely N-dealkylation sites (N-methyl/N-ethyl adjacent to an activating group) is 1. The van der Waals surface area contributed by atoms with Crippen molar-refractivity contribution >= 4 is 11.6 Å². The van der Waals surface area contributed by atoms with Crippen molar-refractivity contribution in [2.45, 2.75) is 26.3 Å². The Labute approximate surface area is 123 Å². The van der Waals surface area contributed by atoms with Crippen LogP contribution in [-0.4, -0.2) is 16.3 Å². The Morgan fingerprint density at radius 1 is 1.40 bits per heavy atom. The maximum absolute atomic E-state index is 13.2. The molecule has 1 unspecified atom stereocenters. The lowest BCUT2D eigenvalue weighted by molar-refractivity contribution is 0.507. The largest absolute Gasteiger partial charge is 0.309 e. The average Bonchev–Trinajstić information content (AvgIpc) is 2.72. The van der Waals surface area contributed by atoms with E-state index in [9.17, 15) is 4.39 Å². The van der Waals surface area contributed by atoms with Crippen LogP contribution in [0.4, 0.5) is 4.39 Å². The normalized spacial score (nSPS) is 12.7. The van der Waals surface area contributed by atoms with Crippen molar-refractivity contribution < 1.29 is 4.39 Å². The van der Waals surface area contributed by atoms with E-state index in [-0.39, 0.29) is 16.9 Å². The van der Waals surface area contributed by atoms with Gasteiger partial charge in [-0.25, -0.2) is 4.39 Å². The number of aryl methyl sites for hydroxylation is 2. The van der Waals surface area contributed by atoms with Gasteiger partial charge in [-0.3, -0.25) is 4.68 Å². The maximum atomic E-state index is 13.2. The number of benzene rings is 1. The summed E-state index contributed by atoms with van der Waals surface area (Å²) in [5.74, 6) is -0.383. The van der Waals surface area contributed by atoms with E-state index in [0.717, 1.165) is 29.9 Å². The number of rotatable bonds is 5. The van der Waals surface area contributed by atoms with Crippen LogP contribution in [-0.2, 0) is 13.5 Å². The van der Waals surface area contributed by atoms with Crippen LogP contribution >= 0.6 is 11.6 Å². The van der Waals surface area contributed by atoms with E-state index in [2.05, 4.69) is 23.4 Å². The molecule has 2 rings (SSSR count). The summed E-state index contributed by atoms with van der Waals surface area (Å²) < 4.78 is 15.1. The standard InChI is InChI=1S/C15H19ClFN3/c1-4-18-14(15-7-10(2)19-20(15)3)9-11-5-6-13(17)12(16)8-11/h5-8,14,18H,4,9H2,1-3H3. The van der Waals surface area contributed by atoms with E-state index >= 15 is 0 Å². The van der Waals surface area contributed by atoms with Crippen LogP contribution in [0, 0.1) is 12.7 Å². The second-order valence-electron chi connectivity index (χ2n) is 4.90. The van der Waals surface area contributed by atoms with Crippen molar-refractivity contribution in [3.8, 4) is 0 Å². The van der Waals surface area contributed by atoms with Crippen molar-refractivity contribution in [3.05, 3.63) is 52.1 Å². The minimum absolute atomic E-state index is 0.132. The van der Waals surface area contributed by atoms with Gasteiger partial charge in [0.15, 0.2) is 0 Å². The molecule has 1 aromatic heterocycles. The molecule has 0 amide bonds. The Bertz CT molecular complexity index is 595. The molecule has 1 aromatic carbocycles. The van der Waals surface area contributed by atoms with Gasteiger partial charge in [0, 0.05) is 7.05 Å². The lowest BCUT2D eigenvalue weighted by Crippen LogP contribution is -2.25. The van der Waals surface area contributed by atoms with Crippen LogP contribution in [0.3, 0.4) is 0 Å². The number of hydrogen-bond donors (Lipinski definition) is 1. The lowest BCUT2D eigenvalue weighted by Gasteiger charge is -2.18. The summed E-state index contributed by atoms with van der Waals surface area (Å²) in [6.07, 6.45) is 0.743. The predicted octanol–water partition coefficient (Wildman–Crippen LogP) is 3.41. The fourth-order valence-corrected chi connectivity index (χ4v) is 2.59. The van der Waals surface area contributed by atoms with E-state index in [1.54, 1.807) is 12.1 Å². The summed E-state index contributed by atoms with van der Waals surface area (Å²) in [5.41, 5.74) is 3.11. The van der Waals surface area contributed by atoms with E-state index in [0.29, 0.717) is 0 Å². The zero-order valence-corrected chi connectivity index (χ0v) is 12.7. The Balaban J connectivity index is 2.25. The van der Waals surface area contributed by atoms with Crippen LogP contribution in [0.1, 0.15) is 29.9 Å². The molecule has 0 aliphatic heterocycles. The van der Waals surface area contributed by atoms with E-state index in [4.69, 9.17) is 11.6 Å². The zero-order chi connectivity index (χ0) is 14.7. The SMILES string of the molecule is CCNC(Cc1ccc(F)c(Cl)c1)c1cc(C)nn1C. The molecule has 0 aliphatic carbocycles. The fourth-order valence-electron chi connectivity index (χ4n) is 2.39. The summed E-state index contributed by atoms with van der Waals surface area (Å²) in [5, 5.41) is 7.98. The molecule has 0 aliphatic rings. The first-order chi connectivity index (χ1) is 9.51. The maximum Gasteiger partial charge on any atom is 0.141 e. The Morgan fingerprint density at radius 3 is 2.70 bits per heavy atom. The third kappa shape index (κ3) is 3.38. The van der Waals surface area contributed by atoms with Gasteiger partial charge in [0.1, 0.15) is 5.82 Å². The highest BCUT2D eigenvalue weighted by Gasteiger charge is 2.16. The second-order valence-corrected chi connectivity index (χ2v) is 5.30. The molecule has 0 saturated carbocycles. The monoisotopic (exact) mass is 295 g/mol. The Morgan fingerprint density at radius 2 is 2.15 bits per heavy atom. The predicted molar refractivity (Wildman–Crippen MR) is 79.5 cm³/mol. The summed E-state index contributed by atoms with van der Waals surface area (Å²) in [6.45, 7) is 4.89. The van der Waals surface area contributed by atoms with Gasteiger partial charge >= 0.3 is 0 Å². The van der Waals surface area contributed by atoms with Gasteiger partial charge in [0.25, 0.3) is 0 Å². The smallest absolute Gasteiger partial charge is 0.141 e. The first-order valence-corrected chi connectivity index (χ1v) is 7.07. The molecule has 5 heteroatoms. The Hall–Kier alpha value is -1.39. The van der Waals surface area contributed by atoms with Crippen LogP contribution in [0.5, 0.6) is 0 Å². The average molecular weight is 296 g/mol. The third-order valence-electron chi connectivity index (χ3n) is 3.27. The summed E-state index contributed by atoms with van der Waals surface area (Å²) in [6, 6.07) is 7.07. The van der Waals surface area contributed by atoms with Gasteiger partial charge in [0.05, 0.1) is 22.5 Å².